The number of nitrogens with zero attached hydrogens (tertiary/aromatic N) is 2. The van der Waals surface area contributed by atoms with Gasteiger partial charge in [-0.25, -0.2) is 4.79 Å². The molecule has 0 atom stereocenters. The highest BCUT2D eigenvalue weighted by Gasteiger charge is 2.31. The Hall–Kier alpha value is -3.10. The van der Waals surface area contributed by atoms with E-state index in [4.69, 9.17) is 10.5 Å². The maximum atomic E-state index is 12.6. The Morgan fingerprint density at radius 3 is 2.72 bits per heavy atom. The van der Waals surface area contributed by atoms with E-state index in [2.05, 4.69) is 11.3 Å². The molecule has 29 heavy (non-hydrogen) atoms. The van der Waals surface area contributed by atoms with E-state index in [0.29, 0.717) is 42.3 Å². The molecule has 0 unspecified atom stereocenters. The third kappa shape index (κ3) is 6.78. The van der Waals surface area contributed by atoms with Gasteiger partial charge in [-0.15, -0.1) is 13.2 Å². The first-order valence-electron chi connectivity index (χ1n) is 8.90. The summed E-state index contributed by atoms with van der Waals surface area (Å²) in [4.78, 5) is 15.6. The number of likely N-dealkylation sites (N-methyl/N-ethyl adjacent to an activating group) is 1. The summed E-state index contributed by atoms with van der Waals surface area (Å²) in [7, 11) is 1.59. The van der Waals surface area contributed by atoms with Crippen LogP contribution in [0.25, 0.3) is 6.08 Å². The van der Waals surface area contributed by atoms with E-state index in [1.54, 1.807) is 37.1 Å². The highest BCUT2D eigenvalue weighted by Crippen LogP contribution is 2.24. The molecule has 6 nitrogen and oxygen atoms in total. The van der Waals surface area contributed by atoms with Crippen LogP contribution < -0.4 is 10.5 Å². The van der Waals surface area contributed by atoms with Gasteiger partial charge >= 0.3 is 12.4 Å². The molecule has 1 aromatic carbocycles. The fourth-order valence-electron chi connectivity index (χ4n) is 2.77. The number of hydrogen-bond acceptors (Lipinski definition) is 4. The van der Waals surface area contributed by atoms with Gasteiger partial charge in [0.2, 0.25) is 0 Å². The Kier molecular flexibility index (Phi) is 7.19. The van der Waals surface area contributed by atoms with Crippen molar-refractivity contribution in [3.63, 3.8) is 0 Å². The fraction of sp³-hybridized carbons (Fsp3) is 0.350. The molecule has 2 rings (SSSR count). The van der Waals surface area contributed by atoms with Crippen LogP contribution in [0.3, 0.4) is 0 Å². The number of nitrogens with two attached hydrogens (primary N) is 1. The van der Waals surface area contributed by atoms with Crippen molar-refractivity contribution < 1.29 is 27.4 Å². The first kappa shape index (κ1) is 22.2. The minimum Gasteiger partial charge on any atom is -0.499 e. The van der Waals surface area contributed by atoms with Crippen molar-refractivity contribution in [1.82, 2.24) is 9.80 Å². The van der Waals surface area contributed by atoms with Gasteiger partial charge in [-0.3, -0.25) is 4.90 Å². The lowest BCUT2D eigenvalue weighted by atomic mass is 10.1. The van der Waals surface area contributed by atoms with Gasteiger partial charge in [-0.2, -0.15) is 0 Å². The molecule has 0 aromatic heterocycles. The molecule has 0 saturated carbocycles. The molecule has 0 saturated heterocycles. The van der Waals surface area contributed by atoms with Gasteiger partial charge < -0.3 is 20.1 Å². The van der Waals surface area contributed by atoms with Crippen molar-refractivity contribution in [1.29, 1.82) is 0 Å². The van der Waals surface area contributed by atoms with Crippen molar-refractivity contribution in [2.45, 2.75) is 19.7 Å². The van der Waals surface area contributed by atoms with Crippen molar-refractivity contribution in [2.24, 2.45) is 5.73 Å². The van der Waals surface area contributed by atoms with Crippen LogP contribution in [0.2, 0.25) is 0 Å². The molecular weight excluding hydrogens is 387 g/mol. The molecule has 1 aromatic rings. The second-order valence-corrected chi connectivity index (χ2v) is 6.53. The number of amides is 2. The number of alkyl halides is 3. The zero-order chi connectivity index (χ0) is 21.6. The lowest BCUT2D eigenvalue weighted by molar-refractivity contribution is -0.274. The van der Waals surface area contributed by atoms with Crippen molar-refractivity contribution >= 4 is 12.1 Å². The van der Waals surface area contributed by atoms with E-state index in [0.717, 1.165) is 0 Å². The van der Waals surface area contributed by atoms with Crippen LogP contribution >= 0.6 is 0 Å². The van der Waals surface area contributed by atoms with E-state index >= 15 is 0 Å². The largest absolute Gasteiger partial charge is 0.573 e. The normalized spacial score (nSPS) is 15.3. The lowest BCUT2D eigenvalue weighted by Crippen LogP contribution is -2.48. The summed E-state index contributed by atoms with van der Waals surface area (Å²) in [5, 5.41) is 0. The second kappa shape index (κ2) is 9.40. The van der Waals surface area contributed by atoms with E-state index in [1.165, 1.54) is 23.1 Å². The van der Waals surface area contributed by atoms with Crippen LogP contribution in [-0.4, -0.2) is 48.9 Å². The summed E-state index contributed by atoms with van der Waals surface area (Å²) < 4.78 is 46.3. The highest BCUT2D eigenvalue weighted by molar-refractivity contribution is 5.79. The molecule has 2 N–H and O–H groups in total. The van der Waals surface area contributed by atoms with Crippen LogP contribution in [0.4, 0.5) is 18.0 Å². The predicted octanol–water partition coefficient (Wildman–Crippen LogP) is 4.08. The van der Waals surface area contributed by atoms with Gasteiger partial charge in [0.1, 0.15) is 5.75 Å². The molecule has 9 heteroatoms. The molecule has 0 bridgehead atoms. The maximum Gasteiger partial charge on any atom is 0.573 e. The average Bonchev–Trinajstić information content (AvgIpc) is 2.61. The number of rotatable bonds is 8. The Balaban J connectivity index is 2.06. The van der Waals surface area contributed by atoms with Crippen LogP contribution in [-0.2, 0) is 4.74 Å². The molecule has 1 aliphatic heterocycles. The summed E-state index contributed by atoms with van der Waals surface area (Å²) in [5.41, 5.74) is 7.58. The Morgan fingerprint density at radius 1 is 1.34 bits per heavy atom. The van der Waals surface area contributed by atoms with Gasteiger partial charge in [0, 0.05) is 13.6 Å². The SMILES string of the molecule is C=C(C)OCCCN1CC(N)=C(/C=C/c2cccc(OC(F)(F)F)c2)N(C)C1=O. The highest BCUT2D eigenvalue weighted by atomic mass is 19.4. The molecule has 1 heterocycles. The van der Waals surface area contributed by atoms with E-state index in [-0.39, 0.29) is 18.3 Å². The number of ether oxygens (including phenoxy) is 2. The number of carbonyl (C=O) groups is 1. The van der Waals surface area contributed by atoms with Gasteiger partial charge in [-0.05, 0) is 37.1 Å². The molecule has 2 amide bonds. The Bertz CT molecular complexity index is 819. The number of allylic oxidation sites excluding steroid dienone is 2. The van der Waals surface area contributed by atoms with Gasteiger partial charge in [0.25, 0.3) is 0 Å². The molecule has 0 fully saturated rings. The summed E-state index contributed by atoms with van der Waals surface area (Å²) in [6, 6.07) is 5.31. The summed E-state index contributed by atoms with van der Waals surface area (Å²) in [6.45, 7) is 6.59. The number of benzene rings is 1. The minimum absolute atomic E-state index is 0.219. The number of carbonyl (C=O) groups excluding carboxylic acids is 1. The van der Waals surface area contributed by atoms with Gasteiger partial charge in [-0.1, -0.05) is 24.8 Å². The molecule has 0 aliphatic carbocycles. The summed E-state index contributed by atoms with van der Waals surface area (Å²) >= 11 is 0. The van der Waals surface area contributed by atoms with Gasteiger partial charge in [0.15, 0.2) is 0 Å². The molecular formula is C20H24F3N3O3. The first-order valence-corrected chi connectivity index (χ1v) is 8.90. The third-order valence-electron chi connectivity index (χ3n) is 4.06. The third-order valence-corrected chi connectivity index (χ3v) is 4.06. The standard InChI is InChI=1S/C20H24F3N3O3/c1-14(2)28-11-5-10-26-13-17(24)18(25(3)19(26)27)9-8-15-6-4-7-16(12-15)29-20(21,22)23/h4,6-9,12H,1,5,10-11,13,24H2,2-3H3/b9-8+. The van der Waals surface area contributed by atoms with E-state index in [1.807, 2.05) is 0 Å². The number of urea groups is 1. The van der Waals surface area contributed by atoms with Crippen LogP contribution in [0.15, 0.2) is 54.1 Å². The quantitative estimate of drug-likeness (QED) is 0.517. The monoisotopic (exact) mass is 411 g/mol. The fourth-order valence-corrected chi connectivity index (χ4v) is 2.77. The zero-order valence-corrected chi connectivity index (χ0v) is 16.3. The Morgan fingerprint density at radius 2 is 2.07 bits per heavy atom. The van der Waals surface area contributed by atoms with E-state index < -0.39 is 6.36 Å². The second-order valence-electron chi connectivity index (χ2n) is 6.53. The minimum atomic E-state index is -4.76. The lowest BCUT2D eigenvalue weighted by Gasteiger charge is -2.34. The zero-order valence-electron chi connectivity index (χ0n) is 16.3. The predicted molar refractivity (Wildman–Crippen MR) is 103 cm³/mol. The number of hydrogen-bond donors (Lipinski definition) is 1. The van der Waals surface area contributed by atoms with Crippen LogP contribution in [0, 0.1) is 0 Å². The van der Waals surface area contributed by atoms with Gasteiger partial charge in [0.05, 0.1) is 30.3 Å². The molecule has 0 spiro atoms. The van der Waals surface area contributed by atoms with Crippen LogP contribution in [0.1, 0.15) is 18.9 Å². The smallest absolute Gasteiger partial charge is 0.499 e. The maximum absolute atomic E-state index is 12.6. The van der Waals surface area contributed by atoms with Crippen molar-refractivity contribution in [2.75, 3.05) is 26.7 Å². The average molecular weight is 411 g/mol. The van der Waals surface area contributed by atoms with E-state index in [9.17, 15) is 18.0 Å². The summed E-state index contributed by atoms with van der Waals surface area (Å²) in [5.74, 6) is 0.293. The molecule has 158 valence electrons. The molecule has 0 radical (unpaired) electrons. The first-order chi connectivity index (χ1) is 13.6. The van der Waals surface area contributed by atoms with Crippen LogP contribution in [0.5, 0.6) is 5.75 Å². The summed E-state index contributed by atoms with van der Waals surface area (Å²) in [6.07, 6.45) is -0.950. The molecule has 1 aliphatic rings. The Labute approximate surface area is 167 Å². The topological polar surface area (TPSA) is 68.0 Å². The van der Waals surface area contributed by atoms with Crippen molar-refractivity contribution in [3.05, 3.63) is 59.6 Å². The number of halogens is 3. The van der Waals surface area contributed by atoms with Crippen molar-refractivity contribution in [3.8, 4) is 5.75 Å².